The van der Waals surface area contributed by atoms with E-state index in [0.29, 0.717) is 23.9 Å². The summed E-state index contributed by atoms with van der Waals surface area (Å²) in [7, 11) is -3.29. The zero-order valence-electron chi connectivity index (χ0n) is 12.8. The maximum Gasteiger partial charge on any atom is 0.257 e. The Labute approximate surface area is 141 Å². The fourth-order valence-electron chi connectivity index (χ4n) is 2.32. The van der Waals surface area contributed by atoms with Crippen LogP contribution in [0.2, 0.25) is 5.02 Å². The van der Waals surface area contributed by atoms with Crippen molar-refractivity contribution in [1.82, 2.24) is 9.62 Å². The van der Waals surface area contributed by atoms with E-state index in [-0.39, 0.29) is 24.8 Å². The van der Waals surface area contributed by atoms with Gasteiger partial charge in [0, 0.05) is 24.7 Å². The van der Waals surface area contributed by atoms with Gasteiger partial charge in [-0.05, 0) is 37.1 Å². The van der Waals surface area contributed by atoms with Crippen molar-refractivity contribution in [2.24, 2.45) is 0 Å². The van der Waals surface area contributed by atoms with E-state index < -0.39 is 10.0 Å². The van der Waals surface area contributed by atoms with Crippen LogP contribution in [-0.4, -0.2) is 50.6 Å². The molecular weight excluding hydrogens is 340 g/mol. The molecule has 0 saturated carbocycles. The number of hydrogen-bond acceptors (Lipinski definition) is 4. The largest absolute Gasteiger partial charge is 0.484 e. The molecule has 6 nitrogen and oxygen atoms in total. The number of halogens is 1. The Bertz CT molecular complexity index is 613. The van der Waals surface area contributed by atoms with Gasteiger partial charge in [-0.1, -0.05) is 18.0 Å². The molecule has 0 spiro atoms. The highest BCUT2D eigenvalue weighted by atomic mass is 35.5. The van der Waals surface area contributed by atoms with Crippen LogP contribution in [0.4, 0.5) is 0 Å². The lowest BCUT2D eigenvalue weighted by molar-refractivity contribution is -0.122. The Morgan fingerprint density at radius 2 is 1.83 bits per heavy atom. The standard InChI is InChI=1S/C15H21ClN2O4S/c16-13-4-6-14(7-5-13)22-12-15(19)17-8-11-23(20,21)18-9-2-1-3-10-18/h4-7H,1-3,8-12H2,(H,17,19). The average molecular weight is 361 g/mol. The summed E-state index contributed by atoms with van der Waals surface area (Å²) in [4.78, 5) is 11.7. The van der Waals surface area contributed by atoms with Crippen LogP contribution < -0.4 is 10.1 Å². The molecule has 1 aromatic carbocycles. The third kappa shape index (κ3) is 6.01. The van der Waals surface area contributed by atoms with E-state index in [2.05, 4.69) is 5.32 Å². The minimum Gasteiger partial charge on any atom is -0.484 e. The number of rotatable bonds is 7. The summed E-state index contributed by atoms with van der Waals surface area (Å²) < 4.78 is 31.0. The number of benzene rings is 1. The Kier molecular flexibility index (Phi) is 6.68. The van der Waals surface area contributed by atoms with Gasteiger partial charge >= 0.3 is 0 Å². The molecule has 0 aromatic heterocycles. The van der Waals surface area contributed by atoms with E-state index in [1.807, 2.05) is 0 Å². The lowest BCUT2D eigenvalue weighted by atomic mass is 10.2. The van der Waals surface area contributed by atoms with Crippen LogP contribution >= 0.6 is 11.6 Å². The topological polar surface area (TPSA) is 75.7 Å². The van der Waals surface area contributed by atoms with Crippen molar-refractivity contribution in [1.29, 1.82) is 0 Å². The van der Waals surface area contributed by atoms with Gasteiger partial charge in [-0.2, -0.15) is 0 Å². The fourth-order valence-corrected chi connectivity index (χ4v) is 3.88. The summed E-state index contributed by atoms with van der Waals surface area (Å²) in [5, 5.41) is 3.15. The molecule has 1 fully saturated rings. The quantitative estimate of drug-likeness (QED) is 0.802. The predicted octanol–water partition coefficient (Wildman–Crippen LogP) is 1.65. The normalized spacial score (nSPS) is 16.0. The molecule has 1 aromatic rings. The van der Waals surface area contributed by atoms with Gasteiger partial charge < -0.3 is 10.1 Å². The van der Waals surface area contributed by atoms with E-state index in [9.17, 15) is 13.2 Å². The third-order valence-corrected chi connectivity index (χ3v) is 5.70. The molecule has 8 heteroatoms. The van der Waals surface area contributed by atoms with Gasteiger partial charge in [-0.3, -0.25) is 4.79 Å². The molecule has 0 aliphatic carbocycles. The maximum absolute atomic E-state index is 12.1. The van der Waals surface area contributed by atoms with Crippen LogP contribution in [0.5, 0.6) is 5.75 Å². The highest BCUT2D eigenvalue weighted by Crippen LogP contribution is 2.15. The first-order chi connectivity index (χ1) is 11.0. The minimum absolute atomic E-state index is 0.0836. The molecule has 1 heterocycles. The molecule has 23 heavy (non-hydrogen) atoms. The number of carbonyl (C=O) groups is 1. The summed E-state index contributed by atoms with van der Waals surface area (Å²) >= 11 is 5.75. The zero-order valence-corrected chi connectivity index (χ0v) is 14.4. The first kappa shape index (κ1) is 18.0. The maximum atomic E-state index is 12.1. The number of carbonyl (C=O) groups excluding carboxylic acids is 1. The van der Waals surface area contributed by atoms with Crippen molar-refractivity contribution in [3.8, 4) is 5.75 Å². The molecule has 1 amide bonds. The summed E-state index contributed by atoms with van der Waals surface area (Å²) in [6.45, 7) is 1.08. The number of ether oxygens (including phenoxy) is 1. The van der Waals surface area contributed by atoms with E-state index in [4.69, 9.17) is 16.3 Å². The van der Waals surface area contributed by atoms with Gasteiger partial charge in [0.1, 0.15) is 5.75 Å². The average Bonchev–Trinajstić information content (AvgIpc) is 2.55. The van der Waals surface area contributed by atoms with Crippen molar-refractivity contribution in [2.75, 3.05) is 32.0 Å². The summed E-state index contributed by atoms with van der Waals surface area (Å²) in [5.74, 6) is 0.0962. The van der Waals surface area contributed by atoms with Crippen molar-refractivity contribution < 1.29 is 17.9 Å². The highest BCUT2D eigenvalue weighted by Gasteiger charge is 2.23. The van der Waals surface area contributed by atoms with Gasteiger partial charge in [0.25, 0.3) is 5.91 Å². The third-order valence-electron chi connectivity index (χ3n) is 3.57. The molecule has 0 bridgehead atoms. The first-order valence-corrected chi connectivity index (χ1v) is 9.59. The summed E-state index contributed by atoms with van der Waals surface area (Å²) in [6.07, 6.45) is 2.88. The number of hydrogen-bond donors (Lipinski definition) is 1. The summed E-state index contributed by atoms with van der Waals surface area (Å²) in [5.41, 5.74) is 0. The van der Waals surface area contributed by atoms with Crippen molar-refractivity contribution >= 4 is 27.5 Å². The van der Waals surface area contributed by atoms with Crippen LogP contribution in [0, 0.1) is 0 Å². The van der Waals surface area contributed by atoms with Crippen LogP contribution in [0.25, 0.3) is 0 Å². The zero-order chi connectivity index (χ0) is 16.7. The second-order valence-corrected chi connectivity index (χ2v) is 7.89. The van der Waals surface area contributed by atoms with Crippen molar-refractivity contribution in [3.05, 3.63) is 29.3 Å². The van der Waals surface area contributed by atoms with E-state index in [1.165, 1.54) is 4.31 Å². The second-order valence-electron chi connectivity index (χ2n) is 5.37. The monoisotopic (exact) mass is 360 g/mol. The smallest absolute Gasteiger partial charge is 0.257 e. The van der Waals surface area contributed by atoms with Gasteiger partial charge in [0.2, 0.25) is 10.0 Å². The molecule has 0 radical (unpaired) electrons. The number of sulfonamides is 1. The molecule has 1 N–H and O–H groups in total. The second kappa shape index (κ2) is 8.52. The molecule has 1 aliphatic heterocycles. The molecule has 128 valence electrons. The Morgan fingerprint density at radius 1 is 1.17 bits per heavy atom. The van der Waals surface area contributed by atoms with Crippen LogP contribution in [-0.2, 0) is 14.8 Å². The molecular formula is C15H21ClN2O4S. The van der Waals surface area contributed by atoms with Crippen LogP contribution in [0.15, 0.2) is 24.3 Å². The Hall–Kier alpha value is -1.31. The Balaban J connectivity index is 1.68. The first-order valence-electron chi connectivity index (χ1n) is 7.60. The van der Waals surface area contributed by atoms with E-state index in [1.54, 1.807) is 24.3 Å². The Morgan fingerprint density at radius 3 is 2.48 bits per heavy atom. The molecule has 0 atom stereocenters. The minimum atomic E-state index is -3.29. The van der Waals surface area contributed by atoms with Crippen LogP contribution in [0.1, 0.15) is 19.3 Å². The predicted molar refractivity (Wildman–Crippen MR) is 89.2 cm³/mol. The molecule has 2 rings (SSSR count). The number of piperidine rings is 1. The lowest BCUT2D eigenvalue weighted by Gasteiger charge is -2.25. The van der Waals surface area contributed by atoms with Gasteiger partial charge in [-0.25, -0.2) is 12.7 Å². The van der Waals surface area contributed by atoms with Gasteiger partial charge in [-0.15, -0.1) is 0 Å². The number of amides is 1. The molecule has 0 unspecified atom stereocenters. The highest BCUT2D eigenvalue weighted by molar-refractivity contribution is 7.89. The van der Waals surface area contributed by atoms with Gasteiger partial charge in [0.15, 0.2) is 6.61 Å². The van der Waals surface area contributed by atoms with Crippen LogP contribution in [0.3, 0.4) is 0 Å². The van der Waals surface area contributed by atoms with Crippen molar-refractivity contribution in [3.63, 3.8) is 0 Å². The fraction of sp³-hybridized carbons (Fsp3) is 0.533. The number of nitrogens with one attached hydrogen (secondary N) is 1. The van der Waals surface area contributed by atoms with E-state index >= 15 is 0 Å². The molecule has 1 saturated heterocycles. The van der Waals surface area contributed by atoms with Crippen molar-refractivity contribution in [2.45, 2.75) is 19.3 Å². The molecule has 1 aliphatic rings. The van der Waals surface area contributed by atoms with E-state index in [0.717, 1.165) is 19.3 Å². The summed E-state index contributed by atoms with van der Waals surface area (Å²) in [6, 6.07) is 6.66. The SMILES string of the molecule is O=C(COc1ccc(Cl)cc1)NCCS(=O)(=O)N1CCCCC1. The lowest BCUT2D eigenvalue weighted by Crippen LogP contribution is -2.41. The number of nitrogens with zero attached hydrogens (tertiary/aromatic N) is 1. The van der Waals surface area contributed by atoms with Gasteiger partial charge in [0.05, 0.1) is 5.75 Å².